The monoisotopic (exact) mass is 406 g/mol. The second kappa shape index (κ2) is 10.6. The van der Waals surface area contributed by atoms with Gasteiger partial charge in [-0.05, 0) is 12.8 Å². The molecule has 2 saturated heterocycles. The van der Waals surface area contributed by atoms with Gasteiger partial charge < -0.3 is 24.4 Å². The lowest BCUT2D eigenvalue weighted by Gasteiger charge is -2.37. The number of rotatable bonds is 6. The third-order valence-corrected chi connectivity index (χ3v) is 5.28. The molecule has 0 atom stereocenters. The molecule has 9 heteroatoms. The standard InChI is InChI=1S/C20H34N6O3/c1-4-21-20(22-14-17-13-18(16(2)3)23-29-17)26-7-5-24(6-8-26)15-19(27)25-9-11-28-12-10-25/h13,16H,4-12,14-15H2,1-3H3,(H,21,22). The van der Waals surface area contributed by atoms with Crippen molar-refractivity contribution in [1.82, 2.24) is 25.2 Å². The Morgan fingerprint density at radius 2 is 1.90 bits per heavy atom. The van der Waals surface area contributed by atoms with Gasteiger partial charge in [-0.15, -0.1) is 0 Å². The minimum Gasteiger partial charge on any atom is -0.378 e. The number of hydrogen-bond acceptors (Lipinski definition) is 6. The van der Waals surface area contributed by atoms with E-state index in [0.717, 1.165) is 50.1 Å². The van der Waals surface area contributed by atoms with E-state index in [-0.39, 0.29) is 5.91 Å². The second-order valence-corrected chi connectivity index (χ2v) is 7.80. The summed E-state index contributed by atoms with van der Waals surface area (Å²) in [5.41, 5.74) is 0.957. The fraction of sp³-hybridized carbons (Fsp3) is 0.750. The van der Waals surface area contributed by atoms with Gasteiger partial charge in [0.1, 0.15) is 6.54 Å². The molecule has 0 saturated carbocycles. The highest BCUT2D eigenvalue weighted by atomic mass is 16.5. The molecular formula is C20H34N6O3. The fourth-order valence-corrected chi connectivity index (χ4v) is 3.48. The first kappa shape index (κ1) is 21.6. The maximum Gasteiger partial charge on any atom is 0.236 e. The molecule has 1 amide bonds. The van der Waals surface area contributed by atoms with Crippen LogP contribution in [-0.4, -0.2) is 97.3 Å². The van der Waals surface area contributed by atoms with Gasteiger partial charge in [0.15, 0.2) is 11.7 Å². The molecule has 0 bridgehead atoms. The fourth-order valence-electron chi connectivity index (χ4n) is 3.48. The summed E-state index contributed by atoms with van der Waals surface area (Å²) in [5, 5.41) is 7.47. The van der Waals surface area contributed by atoms with Crippen molar-refractivity contribution < 1.29 is 14.1 Å². The number of ether oxygens (including phenoxy) is 1. The number of aromatic nitrogens is 1. The van der Waals surface area contributed by atoms with Gasteiger partial charge in [-0.3, -0.25) is 9.69 Å². The summed E-state index contributed by atoms with van der Waals surface area (Å²) in [6, 6.07) is 1.98. The van der Waals surface area contributed by atoms with Crippen molar-refractivity contribution >= 4 is 11.9 Å². The Hall–Kier alpha value is -2.13. The zero-order valence-corrected chi connectivity index (χ0v) is 17.9. The zero-order valence-electron chi connectivity index (χ0n) is 17.9. The molecule has 1 aromatic heterocycles. The van der Waals surface area contributed by atoms with Crippen molar-refractivity contribution in [2.24, 2.45) is 4.99 Å². The molecule has 162 valence electrons. The molecule has 3 rings (SSSR count). The lowest BCUT2D eigenvalue weighted by atomic mass is 10.1. The van der Waals surface area contributed by atoms with E-state index in [2.05, 4.69) is 41.0 Å². The van der Waals surface area contributed by atoms with E-state index >= 15 is 0 Å². The molecule has 1 aromatic rings. The maximum atomic E-state index is 12.5. The summed E-state index contributed by atoms with van der Waals surface area (Å²) in [7, 11) is 0. The van der Waals surface area contributed by atoms with Crippen molar-refractivity contribution in [2.45, 2.75) is 33.2 Å². The number of guanidine groups is 1. The topological polar surface area (TPSA) is 86.4 Å². The molecule has 0 radical (unpaired) electrons. The summed E-state index contributed by atoms with van der Waals surface area (Å²) in [6.07, 6.45) is 0. The van der Waals surface area contributed by atoms with Crippen LogP contribution in [0.4, 0.5) is 0 Å². The average Bonchev–Trinajstić information content (AvgIpc) is 3.22. The highest BCUT2D eigenvalue weighted by Gasteiger charge is 2.24. The Morgan fingerprint density at radius 1 is 1.17 bits per heavy atom. The van der Waals surface area contributed by atoms with Crippen LogP contribution in [0, 0.1) is 0 Å². The molecule has 0 aromatic carbocycles. The van der Waals surface area contributed by atoms with Crippen LogP contribution in [0.5, 0.6) is 0 Å². The molecule has 1 N–H and O–H groups in total. The van der Waals surface area contributed by atoms with E-state index in [1.165, 1.54) is 0 Å². The van der Waals surface area contributed by atoms with Gasteiger partial charge in [0.05, 0.1) is 25.5 Å². The lowest BCUT2D eigenvalue weighted by molar-refractivity contribution is -0.136. The van der Waals surface area contributed by atoms with E-state index < -0.39 is 0 Å². The molecule has 2 aliphatic rings. The van der Waals surface area contributed by atoms with E-state index in [9.17, 15) is 4.79 Å². The first-order chi connectivity index (χ1) is 14.1. The SMILES string of the molecule is CCNC(=NCc1cc(C(C)C)no1)N1CCN(CC(=O)N2CCOCC2)CC1. The number of aliphatic imine (C=N–C) groups is 1. The summed E-state index contributed by atoms with van der Waals surface area (Å²) < 4.78 is 10.7. The Bertz CT molecular complexity index is 676. The van der Waals surface area contributed by atoms with Gasteiger partial charge >= 0.3 is 0 Å². The van der Waals surface area contributed by atoms with Gasteiger partial charge in [-0.25, -0.2) is 4.99 Å². The van der Waals surface area contributed by atoms with Crippen LogP contribution < -0.4 is 5.32 Å². The molecule has 0 spiro atoms. The normalized spacial score (nSPS) is 19.1. The molecule has 2 fully saturated rings. The molecule has 9 nitrogen and oxygen atoms in total. The summed E-state index contributed by atoms with van der Waals surface area (Å²) in [6.45, 7) is 14.1. The zero-order chi connectivity index (χ0) is 20.6. The summed E-state index contributed by atoms with van der Waals surface area (Å²) >= 11 is 0. The van der Waals surface area contributed by atoms with Crippen LogP contribution in [0.25, 0.3) is 0 Å². The van der Waals surface area contributed by atoms with Crippen LogP contribution in [0.2, 0.25) is 0 Å². The highest BCUT2D eigenvalue weighted by molar-refractivity contribution is 5.80. The van der Waals surface area contributed by atoms with Crippen molar-refractivity contribution in [3.05, 3.63) is 17.5 Å². The number of piperazine rings is 1. The number of morpholine rings is 1. The number of carbonyl (C=O) groups excluding carboxylic acids is 1. The van der Waals surface area contributed by atoms with Crippen LogP contribution >= 0.6 is 0 Å². The number of amides is 1. The van der Waals surface area contributed by atoms with Crippen molar-refractivity contribution in [3.63, 3.8) is 0 Å². The van der Waals surface area contributed by atoms with Crippen molar-refractivity contribution in [2.75, 3.05) is 65.6 Å². The Morgan fingerprint density at radius 3 is 2.52 bits per heavy atom. The lowest BCUT2D eigenvalue weighted by Crippen LogP contribution is -2.54. The van der Waals surface area contributed by atoms with Gasteiger partial charge in [0, 0.05) is 51.9 Å². The molecule has 3 heterocycles. The predicted molar refractivity (Wildman–Crippen MR) is 111 cm³/mol. The van der Waals surface area contributed by atoms with Crippen LogP contribution in [-0.2, 0) is 16.1 Å². The van der Waals surface area contributed by atoms with E-state index in [1.54, 1.807) is 0 Å². The van der Waals surface area contributed by atoms with Gasteiger partial charge in [-0.1, -0.05) is 19.0 Å². The molecule has 2 aliphatic heterocycles. The summed E-state index contributed by atoms with van der Waals surface area (Å²) in [4.78, 5) is 23.6. The third kappa shape index (κ3) is 6.17. The van der Waals surface area contributed by atoms with Crippen LogP contribution in [0.15, 0.2) is 15.6 Å². The minimum atomic E-state index is 0.202. The Kier molecular flexibility index (Phi) is 7.88. The number of nitrogens with one attached hydrogen (secondary N) is 1. The van der Waals surface area contributed by atoms with Gasteiger partial charge in [0.2, 0.25) is 5.91 Å². The Labute approximate surface area is 173 Å². The van der Waals surface area contributed by atoms with E-state index in [1.807, 2.05) is 11.0 Å². The minimum absolute atomic E-state index is 0.202. The third-order valence-electron chi connectivity index (χ3n) is 5.28. The van der Waals surface area contributed by atoms with Crippen molar-refractivity contribution in [3.8, 4) is 0 Å². The van der Waals surface area contributed by atoms with Crippen molar-refractivity contribution in [1.29, 1.82) is 0 Å². The largest absolute Gasteiger partial charge is 0.378 e. The molecule has 0 unspecified atom stereocenters. The second-order valence-electron chi connectivity index (χ2n) is 7.80. The number of nitrogens with zero attached hydrogens (tertiary/aromatic N) is 5. The number of carbonyl (C=O) groups is 1. The van der Waals surface area contributed by atoms with E-state index in [4.69, 9.17) is 14.3 Å². The first-order valence-electron chi connectivity index (χ1n) is 10.6. The maximum absolute atomic E-state index is 12.5. The Balaban J connectivity index is 1.50. The summed E-state index contributed by atoms with van der Waals surface area (Å²) in [5.74, 6) is 2.21. The molecule has 29 heavy (non-hydrogen) atoms. The van der Waals surface area contributed by atoms with E-state index in [0.29, 0.717) is 45.3 Å². The first-order valence-corrected chi connectivity index (χ1v) is 10.6. The van der Waals surface area contributed by atoms with Crippen LogP contribution in [0.3, 0.4) is 0 Å². The molecule has 0 aliphatic carbocycles. The average molecular weight is 407 g/mol. The van der Waals surface area contributed by atoms with Gasteiger partial charge in [0.25, 0.3) is 0 Å². The van der Waals surface area contributed by atoms with Gasteiger partial charge in [-0.2, -0.15) is 0 Å². The van der Waals surface area contributed by atoms with Crippen LogP contribution in [0.1, 0.15) is 38.1 Å². The quantitative estimate of drug-likeness (QED) is 0.551. The smallest absolute Gasteiger partial charge is 0.236 e. The predicted octanol–water partition coefficient (Wildman–Crippen LogP) is 0.740. The highest BCUT2D eigenvalue weighted by Crippen LogP contribution is 2.15. The number of hydrogen-bond donors (Lipinski definition) is 1. The molecular weight excluding hydrogens is 372 g/mol.